The molecule has 0 fully saturated rings. The van der Waals surface area contributed by atoms with Crippen molar-refractivity contribution < 1.29 is 0 Å². The standard InChI is InChI=1S/C70H56/c1-43-38-44(2)64(45(3)39-43)57-30-19-35-62-67(57)56-37-36-47(46-20-9-8-10-21-46)42-63(56)70(62,50-24-15-22-48(40-50)52-28-17-33-60-65(52)54-26-11-13-31-58(54)68(60,4)5)51-25-16-23-49(41-51)53-29-18-34-61-66(53)55-27-12-14-32-59(55)69(61,6)7/h8-42H,1-7H3. The summed E-state index contributed by atoms with van der Waals surface area (Å²) >= 11 is 0. The average molecular weight is 897 g/mol. The first kappa shape index (κ1) is 42.3. The number of hydrogen-bond acceptors (Lipinski definition) is 0. The molecule has 0 nitrogen and oxygen atoms in total. The summed E-state index contributed by atoms with van der Waals surface area (Å²) in [6, 6.07) is 81.4. The van der Waals surface area contributed by atoms with Crippen LogP contribution in [0, 0.1) is 20.8 Å². The highest BCUT2D eigenvalue weighted by Gasteiger charge is 2.48. The minimum Gasteiger partial charge on any atom is -0.0622 e. The molecule has 0 atom stereocenters. The molecule has 0 saturated carbocycles. The van der Waals surface area contributed by atoms with Crippen molar-refractivity contribution in [3.8, 4) is 77.9 Å². The van der Waals surface area contributed by atoms with Crippen LogP contribution in [0.5, 0.6) is 0 Å². The lowest BCUT2D eigenvalue weighted by Crippen LogP contribution is -2.29. The number of rotatable bonds is 6. The SMILES string of the molecule is Cc1cc(C)c(-c2cccc3c2-c2ccc(-c4ccccc4)cc2C3(c2cccc(-c3cccc4c3-c3ccccc3C4(C)C)c2)c2cccc(-c3cccc4c3-c3ccccc3C4(C)C)c2)c(C)c1. The maximum Gasteiger partial charge on any atom is 0.0714 e. The Labute approximate surface area is 414 Å². The van der Waals surface area contributed by atoms with E-state index in [9.17, 15) is 0 Å². The zero-order valence-electron chi connectivity index (χ0n) is 41.2. The summed E-state index contributed by atoms with van der Waals surface area (Å²) in [6.45, 7) is 16.3. The van der Waals surface area contributed by atoms with Crippen molar-refractivity contribution in [2.24, 2.45) is 0 Å². The maximum absolute atomic E-state index is 2.54. The Hall–Kier alpha value is -7.80. The molecule has 0 amide bonds. The topological polar surface area (TPSA) is 0 Å². The van der Waals surface area contributed by atoms with Gasteiger partial charge in [0.15, 0.2) is 0 Å². The van der Waals surface area contributed by atoms with E-state index in [2.05, 4.69) is 261 Å². The lowest BCUT2D eigenvalue weighted by molar-refractivity contribution is 0.660. The van der Waals surface area contributed by atoms with Gasteiger partial charge in [-0.05, 0) is 172 Å². The summed E-state index contributed by atoms with van der Waals surface area (Å²) in [5.41, 5.74) is 31.7. The summed E-state index contributed by atoms with van der Waals surface area (Å²) < 4.78 is 0. The molecule has 0 heteroatoms. The molecule has 70 heavy (non-hydrogen) atoms. The minimum atomic E-state index is -0.700. The van der Waals surface area contributed by atoms with Gasteiger partial charge in [0.1, 0.15) is 0 Å². The van der Waals surface area contributed by atoms with Crippen molar-refractivity contribution in [3.05, 3.63) is 274 Å². The Kier molecular flexibility index (Phi) is 9.28. The van der Waals surface area contributed by atoms with E-state index in [1.165, 1.54) is 139 Å². The summed E-state index contributed by atoms with van der Waals surface area (Å²) in [6.07, 6.45) is 0. The molecule has 0 spiro atoms. The van der Waals surface area contributed by atoms with Crippen molar-refractivity contribution in [2.45, 2.75) is 64.7 Å². The van der Waals surface area contributed by atoms with Gasteiger partial charge in [0.05, 0.1) is 5.41 Å². The van der Waals surface area contributed by atoms with Crippen LogP contribution in [-0.2, 0) is 16.2 Å². The highest BCUT2D eigenvalue weighted by molar-refractivity contribution is 5.99. The Morgan fingerprint density at radius 1 is 0.257 bits per heavy atom. The van der Waals surface area contributed by atoms with Gasteiger partial charge >= 0.3 is 0 Å². The Bertz CT molecular complexity index is 3620. The maximum atomic E-state index is 2.54. The summed E-state index contributed by atoms with van der Waals surface area (Å²) in [5, 5.41) is 0. The van der Waals surface area contributed by atoms with Gasteiger partial charge in [-0.3, -0.25) is 0 Å². The Morgan fingerprint density at radius 2 is 0.671 bits per heavy atom. The van der Waals surface area contributed by atoms with Crippen LogP contribution in [0.3, 0.4) is 0 Å². The van der Waals surface area contributed by atoms with Crippen LogP contribution in [0.15, 0.2) is 212 Å². The molecule has 10 aromatic carbocycles. The third-order valence-electron chi connectivity index (χ3n) is 16.6. The molecule has 0 unspecified atom stereocenters. The first-order valence-corrected chi connectivity index (χ1v) is 25.1. The molecule has 0 heterocycles. The summed E-state index contributed by atoms with van der Waals surface area (Å²) in [7, 11) is 0. The van der Waals surface area contributed by atoms with E-state index in [1.54, 1.807) is 0 Å². The Balaban J connectivity index is 1.14. The van der Waals surface area contributed by atoms with Crippen LogP contribution >= 0.6 is 0 Å². The van der Waals surface area contributed by atoms with Gasteiger partial charge in [0.2, 0.25) is 0 Å². The van der Waals surface area contributed by atoms with Gasteiger partial charge in [-0.15, -0.1) is 0 Å². The van der Waals surface area contributed by atoms with Crippen LogP contribution in [-0.4, -0.2) is 0 Å². The van der Waals surface area contributed by atoms with Crippen molar-refractivity contribution in [1.29, 1.82) is 0 Å². The lowest BCUT2D eigenvalue weighted by Gasteiger charge is -2.35. The number of hydrogen-bond donors (Lipinski definition) is 0. The van der Waals surface area contributed by atoms with E-state index in [0.717, 1.165) is 0 Å². The molecule has 13 rings (SSSR count). The van der Waals surface area contributed by atoms with E-state index in [-0.39, 0.29) is 10.8 Å². The largest absolute Gasteiger partial charge is 0.0714 e. The highest BCUT2D eigenvalue weighted by Crippen LogP contribution is 2.61. The van der Waals surface area contributed by atoms with Crippen LogP contribution in [0.1, 0.15) is 88.9 Å². The van der Waals surface area contributed by atoms with Gasteiger partial charge in [-0.1, -0.05) is 227 Å². The van der Waals surface area contributed by atoms with Crippen molar-refractivity contribution in [3.63, 3.8) is 0 Å². The molecule has 0 N–H and O–H groups in total. The first-order chi connectivity index (χ1) is 34.0. The van der Waals surface area contributed by atoms with Crippen LogP contribution in [0.25, 0.3) is 77.9 Å². The van der Waals surface area contributed by atoms with Crippen LogP contribution in [0.4, 0.5) is 0 Å². The Morgan fingerprint density at radius 3 is 1.23 bits per heavy atom. The normalized spacial score (nSPS) is 14.8. The lowest BCUT2D eigenvalue weighted by atomic mass is 9.66. The van der Waals surface area contributed by atoms with E-state index in [0.29, 0.717) is 0 Å². The smallest absolute Gasteiger partial charge is 0.0622 e. The molecular formula is C70H56. The molecule has 10 aromatic rings. The molecule has 0 saturated heterocycles. The van der Waals surface area contributed by atoms with Gasteiger partial charge in [0, 0.05) is 10.8 Å². The monoisotopic (exact) mass is 896 g/mol. The van der Waals surface area contributed by atoms with Crippen LogP contribution < -0.4 is 0 Å². The molecule has 0 radical (unpaired) electrons. The fraction of sp³-hybridized carbons (Fsp3) is 0.143. The zero-order valence-corrected chi connectivity index (χ0v) is 41.2. The first-order valence-electron chi connectivity index (χ1n) is 25.1. The second-order valence-electron chi connectivity index (χ2n) is 21.3. The molecular weight excluding hydrogens is 841 g/mol. The van der Waals surface area contributed by atoms with E-state index >= 15 is 0 Å². The fourth-order valence-electron chi connectivity index (χ4n) is 13.6. The van der Waals surface area contributed by atoms with E-state index in [4.69, 9.17) is 0 Å². The van der Waals surface area contributed by atoms with Crippen molar-refractivity contribution in [2.75, 3.05) is 0 Å². The third-order valence-corrected chi connectivity index (χ3v) is 16.6. The molecule has 0 aromatic heterocycles. The zero-order chi connectivity index (χ0) is 47.7. The van der Waals surface area contributed by atoms with Crippen molar-refractivity contribution >= 4 is 0 Å². The average Bonchev–Trinajstić information content (AvgIpc) is 3.91. The second kappa shape index (κ2) is 15.4. The van der Waals surface area contributed by atoms with E-state index in [1.807, 2.05) is 0 Å². The number of aryl methyl sites for hydroxylation is 3. The van der Waals surface area contributed by atoms with Crippen LogP contribution in [0.2, 0.25) is 0 Å². The van der Waals surface area contributed by atoms with Gasteiger partial charge in [-0.25, -0.2) is 0 Å². The summed E-state index contributed by atoms with van der Waals surface area (Å²) in [5.74, 6) is 0. The van der Waals surface area contributed by atoms with Gasteiger partial charge in [-0.2, -0.15) is 0 Å². The number of benzene rings is 10. The minimum absolute atomic E-state index is 0.103. The summed E-state index contributed by atoms with van der Waals surface area (Å²) in [4.78, 5) is 0. The second-order valence-corrected chi connectivity index (χ2v) is 21.3. The van der Waals surface area contributed by atoms with Gasteiger partial charge < -0.3 is 0 Å². The predicted molar refractivity (Wildman–Crippen MR) is 295 cm³/mol. The molecule has 3 aliphatic rings. The number of fused-ring (bicyclic) bond motifs is 9. The highest BCUT2D eigenvalue weighted by atomic mass is 14.5. The third kappa shape index (κ3) is 5.89. The quantitative estimate of drug-likeness (QED) is 0.156. The molecule has 3 aliphatic carbocycles. The van der Waals surface area contributed by atoms with E-state index < -0.39 is 5.41 Å². The molecule has 336 valence electrons. The van der Waals surface area contributed by atoms with Gasteiger partial charge in [0.25, 0.3) is 0 Å². The molecule has 0 aliphatic heterocycles. The fourth-order valence-corrected chi connectivity index (χ4v) is 13.6. The van der Waals surface area contributed by atoms with Crippen molar-refractivity contribution in [1.82, 2.24) is 0 Å². The molecule has 0 bridgehead atoms. The predicted octanol–water partition coefficient (Wildman–Crippen LogP) is 18.3.